The Morgan fingerprint density at radius 3 is 2.79 bits per heavy atom. The van der Waals surface area contributed by atoms with Crippen LogP contribution in [0.15, 0.2) is 47.2 Å². The van der Waals surface area contributed by atoms with Crippen LogP contribution >= 0.6 is 23.2 Å². The average molecular weight is 435 g/mol. The Morgan fingerprint density at radius 1 is 1.28 bits per heavy atom. The molecule has 29 heavy (non-hydrogen) atoms. The third-order valence-corrected chi connectivity index (χ3v) is 4.59. The minimum Gasteiger partial charge on any atom is -0.452 e. The predicted molar refractivity (Wildman–Crippen MR) is 108 cm³/mol. The van der Waals surface area contributed by atoms with Gasteiger partial charge in [-0.3, -0.25) is 4.79 Å². The van der Waals surface area contributed by atoms with Gasteiger partial charge in [-0.15, -0.1) is 0 Å². The number of benzene rings is 1. The number of esters is 1. The quantitative estimate of drug-likeness (QED) is 0.449. The molecule has 0 bridgehead atoms. The van der Waals surface area contributed by atoms with Crippen molar-refractivity contribution in [2.45, 2.75) is 13.5 Å². The molecule has 3 rings (SSSR count). The largest absolute Gasteiger partial charge is 0.452 e. The van der Waals surface area contributed by atoms with Crippen LogP contribution in [0.1, 0.15) is 16.8 Å². The molecule has 150 valence electrons. The van der Waals surface area contributed by atoms with Crippen molar-refractivity contribution in [3.05, 3.63) is 69.7 Å². The van der Waals surface area contributed by atoms with Crippen LogP contribution in [-0.2, 0) is 20.9 Å². The van der Waals surface area contributed by atoms with Crippen molar-refractivity contribution in [3.63, 3.8) is 0 Å². The van der Waals surface area contributed by atoms with Gasteiger partial charge in [0.15, 0.2) is 12.4 Å². The van der Waals surface area contributed by atoms with Crippen molar-refractivity contribution in [2.75, 3.05) is 11.9 Å². The Morgan fingerprint density at radius 2 is 2.07 bits per heavy atom. The highest BCUT2D eigenvalue weighted by atomic mass is 35.5. The fraction of sp³-hybridized carbons (Fsp3) is 0.158. The summed E-state index contributed by atoms with van der Waals surface area (Å²) in [6.07, 6.45) is 3.98. The highest BCUT2D eigenvalue weighted by Crippen LogP contribution is 2.24. The predicted octanol–water partition coefficient (Wildman–Crippen LogP) is 3.73. The zero-order valence-electron chi connectivity index (χ0n) is 15.3. The molecule has 8 nitrogen and oxygen atoms in total. The lowest BCUT2D eigenvalue weighted by Crippen LogP contribution is -2.20. The summed E-state index contributed by atoms with van der Waals surface area (Å²) in [5.41, 5.74) is 2.07. The maximum Gasteiger partial charge on any atom is 0.331 e. The molecule has 0 saturated carbocycles. The van der Waals surface area contributed by atoms with Gasteiger partial charge in [-0.2, -0.15) is 5.10 Å². The van der Waals surface area contributed by atoms with E-state index in [9.17, 15) is 9.59 Å². The Labute approximate surface area is 176 Å². The van der Waals surface area contributed by atoms with Crippen LogP contribution < -0.4 is 5.32 Å². The summed E-state index contributed by atoms with van der Waals surface area (Å²) in [4.78, 5) is 23.5. The molecule has 0 spiro atoms. The second kappa shape index (κ2) is 9.40. The molecule has 0 unspecified atom stereocenters. The number of hydrogen-bond donors (Lipinski definition) is 1. The number of nitrogens with one attached hydrogen (secondary N) is 1. The normalized spacial score (nSPS) is 11.0. The molecule has 0 aliphatic rings. The lowest BCUT2D eigenvalue weighted by molar-refractivity contribution is -0.142. The summed E-state index contributed by atoms with van der Waals surface area (Å²) in [5.74, 6) is -1.01. The zero-order valence-corrected chi connectivity index (χ0v) is 16.8. The van der Waals surface area contributed by atoms with Gasteiger partial charge in [0.1, 0.15) is 11.4 Å². The maximum atomic E-state index is 11.9. The minimum atomic E-state index is -0.699. The van der Waals surface area contributed by atoms with Crippen molar-refractivity contribution in [2.24, 2.45) is 0 Å². The van der Waals surface area contributed by atoms with Gasteiger partial charge in [-0.05, 0) is 24.6 Å². The van der Waals surface area contributed by atoms with Crippen LogP contribution in [0.25, 0.3) is 6.08 Å². The van der Waals surface area contributed by atoms with Gasteiger partial charge in [0.05, 0.1) is 12.2 Å². The first-order chi connectivity index (χ1) is 13.9. The smallest absolute Gasteiger partial charge is 0.331 e. The van der Waals surface area contributed by atoms with E-state index in [2.05, 4.69) is 20.1 Å². The summed E-state index contributed by atoms with van der Waals surface area (Å²) in [6.45, 7) is 1.69. The molecule has 3 aromatic rings. The van der Waals surface area contributed by atoms with Crippen molar-refractivity contribution in [3.8, 4) is 0 Å². The molecule has 0 radical (unpaired) electrons. The first kappa shape index (κ1) is 20.6. The fourth-order valence-corrected chi connectivity index (χ4v) is 2.93. The second-order valence-electron chi connectivity index (χ2n) is 5.91. The Kier molecular flexibility index (Phi) is 6.69. The number of nitrogens with zero attached hydrogens (tertiary/aromatic N) is 3. The van der Waals surface area contributed by atoms with Gasteiger partial charge in [-0.1, -0.05) is 46.6 Å². The maximum absolute atomic E-state index is 11.9. The number of hydrogen-bond acceptors (Lipinski definition) is 6. The molecular weight excluding hydrogens is 419 g/mol. The number of ether oxygens (including phenoxy) is 1. The van der Waals surface area contributed by atoms with Crippen LogP contribution in [0, 0.1) is 6.92 Å². The molecule has 10 heteroatoms. The van der Waals surface area contributed by atoms with E-state index in [1.807, 2.05) is 18.2 Å². The lowest BCUT2D eigenvalue weighted by Gasteiger charge is -2.05. The molecule has 0 aliphatic heterocycles. The number of carbonyl (C=O) groups is 2. The summed E-state index contributed by atoms with van der Waals surface area (Å²) in [7, 11) is 0. The number of aromatic nitrogens is 3. The molecular formula is C19H16Cl2N4O4. The third-order valence-electron chi connectivity index (χ3n) is 3.82. The summed E-state index contributed by atoms with van der Waals surface area (Å²) in [6, 6.07) is 8.85. The highest BCUT2D eigenvalue weighted by Gasteiger charge is 2.13. The Bertz CT molecular complexity index is 1040. The molecule has 0 saturated heterocycles. The van der Waals surface area contributed by atoms with Gasteiger partial charge >= 0.3 is 5.97 Å². The topological polar surface area (TPSA) is 99.2 Å². The number of rotatable bonds is 7. The van der Waals surface area contributed by atoms with Gasteiger partial charge in [-0.25, -0.2) is 9.48 Å². The van der Waals surface area contributed by atoms with Crippen molar-refractivity contribution in [1.82, 2.24) is 14.9 Å². The number of carbonyl (C=O) groups excluding carboxylic acids is 2. The van der Waals surface area contributed by atoms with E-state index < -0.39 is 18.5 Å². The van der Waals surface area contributed by atoms with E-state index >= 15 is 0 Å². The fourth-order valence-electron chi connectivity index (χ4n) is 2.44. The van der Waals surface area contributed by atoms with Gasteiger partial charge in [0, 0.05) is 22.7 Å². The van der Waals surface area contributed by atoms with Gasteiger partial charge in [0.25, 0.3) is 5.91 Å². The molecule has 0 aliphatic carbocycles. The van der Waals surface area contributed by atoms with E-state index in [1.54, 1.807) is 17.7 Å². The number of halogens is 2. The van der Waals surface area contributed by atoms with E-state index in [0.29, 0.717) is 28.0 Å². The lowest BCUT2D eigenvalue weighted by atomic mass is 10.2. The number of anilines is 1. The van der Waals surface area contributed by atoms with Crippen LogP contribution in [0.3, 0.4) is 0 Å². The van der Waals surface area contributed by atoms with E-state index in [1.165, 1.54) is 24.5 Å². The third kappa shape index (κ3) is 5.46. The van der Waals surface area contributed by atoms with Crippen LogP contribution in [-0.4, -0.2) is 33.4 Å². The van der Waals surface area contributed by atoms with Crippen molar-refractivity contribution in [1.29, 1.82) is 0 Å². The van der Waals surface area contributed by atoms with Crippen LogP contribution in [0.5, 0.6) is 0 Å². The van der Waals surface area contributed by atoms with Gasteiger partial charge in [0.2, 0.25) is 0 Å². The molecule has 0 atom stereocenters. The molecule has 1 N–H and O–H groups in total. The second-order valence-corrected chi connectivity index (χ2v) is 6.68. The summed E-state index contributed by atoms with van der Waals surface area (Å²) < 4.78 is 11.1. The number of amides is 1. The van der Waals surface area contributed by atoms with E-state index in [4.69, 9.17) is 27.9 Å². The Balaban J connectivity index is 1.60. The molecule has 0 fully saturated rings. The molecule has 2 aromatic heterocycles. The SMILES string of the molecule is Cc1nn(Cc2ccccc2Cl)c(Cl)c1/C=C/C(=O)OCC(=O)Nc1ccon1. The highest BCUT2D eigenvalue weighted by molar-refractivity contribution is 6.32. The first-order valence-electron chi connectivity index (χ1n) is 8.45. The molecule has 1 amide bonds. The Hall–Kier alpha value is -3.10. The van der Waals surface area contributed by atoms with Crippen LogP contribution in [0.4, 0.5) is 5.82 Å². The molecule has 1 aromatic carbocycles. The van der Waals surface area contributed by atoms with Crippen molar-refractivity contribution >= 4 is 47.0 Å². The minimum absolute atomic E-state index is 0.231. The van der Waals surface area contributed by atoms with Crippen LogP contribution in [0.2, 0.25) is 10.2 Å². The number of aryl methyl sites for hydroxylation is 1. The summed E-state index contributed by atoms with van der Waals surface area (Å²) in [5, 5.41) is 11.3. The zero-order chi connectivity index (χ0) is 20.8. The average Bonchev–Trinajstić information content (AvgIpc) is 3.29. The van der Waals surface area contributed by atoms with Gasteiger partial charge < -0.3 is 14.6 Å². The van der Waals surface area contributed by atoms with E-state index in [0.717, 1.165) is 5.56 Å². The monoisotopic (exact) mass is 434 g/mol. The van der Waals surface area contributed by atoms with E-state index in [-0.39, 0.29) is 5.82 Å². The summed E-state index contributed by atoms with van der Waals surface area (Å²) >= 11 is 12.6. The standard InChI is InChI=1S/C19H16Cl2N4O4/c1-12-14(19(21)25(23-12)10-13-4-2-3-5-15(13)20)6-7-18(27)28-11-17(26)22-16-8-9-29-24-16/h2-9H,10-11H2,1H3,(H,22,24,26)/b7-6+. The first-order valence-corrected chi connectivity index (χ1v) is 9.21. The van der Waals surface area contributed by atoms with Crippen molar-refractivity contribution < 1.29 is 18.8 Å². The molecule has 2 heterocycles.